The number of hydrogen-bond donors (Lipinski definition) is 2. The first-order valence-corrected chi connectivity index (χ1v) is 8.77. The lowest BCUT2D eigenvalue weighted by molar-refractivity contribution is 0.337. The fourth-order valence-electron chi connectivity index (χ4n) is 3.30. The molecule has 1 fully saturated rings. The van der Waals surface area contributed by atoms with Gasteiger partial charge >= 0.3 is 0 Å². The first kappa shape index (κ1) is 14.5. The van der Waals surface area contributed by atoms with E-state index in [0.29, 0.717) is 12.0 Å². The van der Waals surface area contributed by atoms with Gasteiger partial charge in [-0.2, -0.15) is 0 Å². The zero-order valence-electron chi connectivity index (χ0n) is 12.9. The Balaban J connectivity index is 1.40. The highest BCUT2D eigenvalue weighted by molar-refractivity contribution is 7.13. The van der Waals surface area contributed by atoms with Crippen molar-refractivity contribution in [3.8, 4) is 0 Å². The first-order chi connectivity index (χ1) is 11.3. The van der Waals surface area contributed by atoms with E-state index in [0.717, 1.165) is 48.8 Å². The molecule has 3 N–H and O–H groups in total. The summed E-state index contributed by atoms with van der Waals surface area (Å²) < 4.78 is 2.20. The molecule has 0 aliphatic carbocycles. The Kier molecular flexibility index (Phi) is 3.88. The molecule has 4 rings (SSSR count). The second-order valence-corrected chi connectivity index (χ2v) is 6.73. The van der Waals surface area contributed by atoms with Gasteiger partial charge < -0.3 is 15.6 Å². The average molecular weight is 328 g/mol. The standard InChI is InChI=1S/C16H20N6S/c17-15-20-13-3-1-2-4-14(13)22(15)12-5-8-21(11-12)9-6-18-16-19-7-10-23-16/h1-4,7,10,12H,5-6,8-9,11H2,(H2,17,20)(H,18,19). The quantitative estimate of drug-likeness (QED) is 0.753. The van der Waals surface area contributed by atoms with Gasteiger partial charge in [-0.25, -0.2) is 9.97 Å². The molecule has 1 atom stereocenters. The van der Waals surface area contributed by atoms with Crippen LogP contribution >= 0.6 is 11.3 Å². The Morgan fingerprint density at radius 1 is 1.35 bits per heavy atom. The van der Waals surface area contributed by atoms with Crippen molar-refractivity contribution in [1.82, 2.24) is 19.4 Å². The van der Waals surface area contributed by atoms with Crippen LogP contribution in [0.4, 0.5) is 11.1 Å². The van der Waals surface area contributed by atoms with Crippen LogP contribution < -0.4 is 11.1 Å². The smallest absolute Gasteiger partial charge is 0.201 e. The number of thiazole rings is 1. The number of para-hydroxylation sites is 2. The predicted molar refractivity (Wildman–Crippen MR) is 94.8 cm³/mol. The van der Waals surface area contributed by atoms with Crippen molar-refractivity contribution in [3.63, 3.8) is 0 Å². The Bertz CT molecular complexity index is 781. The monoisotopic (exact) mass is 328 g/mol. The van der Waals surface area contributed by atoms with E-state index in [9.17, 15) is 0 Å². The molecule has 1 unspecified atom stereocenters. The normalized spacial score (nSPS) is 18.7. The molecule has 0 bridgehead atoms. The van der Waals surface area contributed by atoms with E-state index in [1.165, 1.54) is 0 Å². The van der Waals surface area contributed by atoms with Crippen LogP contribution in [0.5, 0.6) is 0 Å². The molecule has 0 saturated carbocycles. The lowest BCUT2D eigenvalue weighted by Gasteiger charge is -2.18. The number of nitrogens with two attached hydrogens (primary N) is 1. The number of nitrogens with zero attached hydrogens (tertiary/aromatic N) is 4. The van der Waals surface area contributed by atoms with Gasteiger partial charge in [-0.15, -0.1) is 11.3 Å². The van der Waals surface area contributed by atoms with Crippen LogP contribution in [0.2, 0.25) is 0 Å². The highest BCUT2D eigenvalue weighted by atomic mass is 32.1. The maximum Gasteiger partial charge on any atom is 0.201 e. The molecule has 2 aromatic heterocycles. The number of nitrogen functional groups attached to an aromatic ring is 1. The molecular weight excluding hydrogens is 308 g/mol. The Morgan fingerprint density at radius 3 is 3.13 bits per heavy atom. The van der Waals surface area contributed by atoms with E-state index in [1.54, 1.807) is 11.3 Å². The molecule has 0 radical (unpaired) electrons. The van der Waals surface area contributed by atoms with Gasteiger partial charge in [-0.1, -0.05) is 12.1 Å². The zero-order chi connectivity index (χ0) is 15.6. The third-order valence-corrected chi connectivity index (χ3v) is 5.10. The van der Waals surface area contributed by atoms with Gasteiger partial charge in [-0.05, 0) is 18.6 Å². The summed E-state index contributed by atoms with van der Waals surface area (Å²) in [6, 6.07) is 8.58. The second-order valence-electron chi connectivity index (χ2n) is 5.84. The van der Waals surface area contributed by atoms with Gasteiger partial charge in [0.25, 0.3) is 0 Å². The molecule has 1 aliphatic rings. The van der Waals surface area contributed by atoms with Crippen LogP contribution in [0.1, 0.15) is 12.5 Å². The van der Waals surface area contributed by atoms with Crippen LogP contribution in [0, 0.1) is 0 Å². The number of aromatic nitrogens is 3. The zero-order valence-corrected chi connectivity index (χ0v) is 13.7. The summed E-state index contributed by atoms with van der Waals surface area (Å²) in [5, 5.41) is 6.34. The number of imidazole rings is 1. The number of rotatable bonds is 5. The Labute approximate surface area is 139 Å². The molecule has 23 heavy (non-hydrogen) atoms. The minimum Gasteiger partial charge on any atom is -0.369 e. The van der Waals surface area contributed by atoms with Gasteiger partial charge in [0.15, 0.2) is 5.13 Å². The second kappa shape index (κ2) is 6.17. The topological polar surface area (TPSA) is 72.0 Å². The molecule has 1 saturated heterocycles. The van der Waals surface area contributed by atoms with Crippen LogP contribution in [-0.4, -0.2) is 45.6 Å². The first-order valence-electron chi connectivity index (χ1n) is 7.89. The van der Waals surface area contributed by atoms with Crippen molar-refractivity contribution in [2.75, 3.05) is 37.2 Å². The maximum atomic E-state index is 6.16. The van der Waals surface area contributed by atoms with E-state index in [2.05, 4.69) is 30.8 Å². The van der Waals surface area contributed by atoms with E-state index in [1.807, 2.05) is 29.8 Å². The van der Waals surface area contributed by atoms with E-state index >= 15 is 0 Å². The van der Waals surface area contributed by atoms with Gasteiger partial charge in [0.2, 0.25) is 5.95 Å². The van der Waals surface area contributed by atoms with Gasteiger partial charge in [-0.3, -0.25) is 4.90 Å². The highest BCUT2D eigenvalue weighted by Gasteiger charge is 2.26. The molecule has 1 aliphatic heterocycles. The molecule has 0 spiro atoms. The van der Waals surface area contributed by atoms with Crippen LogP contribution in [-0.2, 0) is 0 Å². The third kappa shape index (κ3) is 2.89. The number of fused-ring (bicyclic) bond motifs is 1. The van der Waals surface area contributed by atoms with Crippen molar-refractivity contribution in [2.24, 2.45) is 0 Å². The third-order valence-electron chi connectivity index (χ3n) is 4.37. The summed E-state index contributed by atoms with van der Waals surface area (Å²) in [7, 11) is 0. The van der Waals surface area contributed by atoms with Crippen LogP contribution in [0.25, 0.3) is 11.0 Å². The molecule has 3 heterocycles. The minimum atomic E-state index is 0.405. The molecule has 1 aromatic carbocycles. The van der Waals surface area contributed by atoms with Gasteiger partial charge in [0.05, 0.1) is 17.1 Å². The van der Waals surface area contributed by atoms with Crippen LogP contribution in [0.15, 0.2) is 35.8 Å². The molecule has 3 aromatic rings. The fraction of sp³-hybridized carbons (Fsp3) is 0.375. The summed E-state index contributed by atoms with van der Waals surface area (Å²) in [5.74, 6) is 0.624. The average Bonchev–Trinajstić information content (AvgIpc) is 3.26. The summed E-state index contributed by atoms with van der Waals surface area (Å²) in [5.41, 5.74) is 8.27. The van der Waals surface area contributed by atoms with E-state index in [4.69, 9.17) is 5.73 Å². The van der Waals surface area contributed by atoms with Crippen molar-refractivity contribution in [3.05, 3.63) is 35.8 Å². The Morgan fingerprint density at radius 2 is 2.26 bits per heavy atom. The molecule has 120 valence electrons. The van der Waals surface area contributed by atoms with E-state index < -0.39 is 0 Å². The molecular formula is C16H20N6S. The summed E-state index contributed by atoms with van der Waals surface area (Å²) >= 11 is 1.64. The number of benzene rings is 1. The number of anilines is 2. The van der Waals surface area contributed by atoms with Crippen molar-refractivity contribution < 1.29 is 0 Å². The summed E-state index contributed by atoms with van der Waals surface area (Å²) in [6.45, 7) is 4.04. The lowest BCUT2D eigenvalue weighted by Crippen LogP contribution is -2.27. The van der Waals surface area contributed by atoms with Gasteiger partial charge in [0.1, 0.15) is 0 Å². The van der Waals surface area contributed by atoms with E-state index in [-0.39, 0.29) is 0 Å². The highest BCUT2D eigenvalue weighted by Crippen LogP contribution is 2.29. The van der Waals surface area contributed by atoms with Crippen molar-refractivity contribution in [2.45, 2.75) is 12.5 Å². The Hall–Kier alpha value is -2.12. The van der Waals surface area contributed by atoms with Crippen molar-refractivity contribution >= 4 is 33.5 Å². The molecule has 6 nitrogen and oxygen atoms in total. The largest absolute Gasteiger partial charge is 0.369 e. The molecule has 0 amide bonds. The van der Waals surface area contributed by atoms with Crippen molar-refractivity contribution in [1.29, 1.82) is 0 Å². The number of hydrogen-bond acceptors (Lipinski definition) is 6. The molecule has 7 heteroatoms. The lowest BCUT2D eigenvalue weighted by atomic mass is 10.2. The minimum absolute atomic E-state index is 0.405. The van der Waals surface area contributed by atoms with Crippen LogP contribution in [0.3, 0.4) is 0 Å². The fourth-order valence-corrected chi connectivity index (χ4v) is 3.86. The maximum absolute atomic E-state index is 6.16. The van der Waals surface area contributed by atoms with Gasteiger partial charge in [0, 0.05) is 37.8 Å². The number of likely N-dealkylation sites (tertiary alicyclic amines) is 1. The summed E-state index contributed by atoms with van der Waals surface area (Å²) in [6.07, 6.45) is 2.94. The summed E-state index contributed by atoms with van der Waals surface area (Å²) in [4.78, 5) is 11.2. The number of nitrogens with one attached hydrogen (secondary N) is 1. The SMILES string of the molecule is Nc1nc2ccccc2n1C1CCN(CCNc2nccs2)C1. The predicted octanol–water partition coefficient (Wildman–Crippen LogP) is 2.43.